The first-order valence-electron chi connectivity index (χ1n) is 4.53. The van der Waals surface area contributed by atoms with Gasteiger partial charge in [-0.15, -0.1) is 0 Å². The molecule has 0 amide bonds. The minimum atomic E-state index is 0.716. The zero-order chi connectivity index (χ0) is 9.68. The molecule has 0 saturated carbocycles. The van der Waals surface area contributed by atoms with Gasteiger partial charge in [0, 0.05) is 11.6 Å². The average molecular weight is 199 g/mol. The molecule has 0 aromatic heterocycles. The zero-order valence-electron chi connectivity index (χ0n) is 7.81. The summed E-state index contributed by atoms with van der Waals surface area (Å²) in [5, 5.41) is 3.96. The predicted octanol–water partition coefficient (Wildman–Crippen LogP) is 3.13. The number of nitrogen functional groups attached to an aromatic ring is 1. The molecule has 0 aliphatic carbocycles. The van der Waals surface area contributed by atoms with Gasteiger partial charge in [-0.2, -0.15) is 0 Å². The second kappa shape index (κ2) is 4.97. The van der Waals surface area contributed by atoms with Crippen LogP contribution in [0.1, 0.15) is 19.8 Å². The highest BCUT2D eigenvalue weighted by Crippen LogP contribution is 2.22. The number of hydrogen-bond acceptors (Lipinski definition) is 2. The molecule has 0 aliphatic rings. The number of nitrogens with two attached hydrogens (primary N) is 1. The third-order valence-electron chi connectivity index (χ3n) is 1.86. The third kappa shape index (κ3) is 3.15. The molecule has 13 heavy (non-hydrogen) atoms. The quantitative estimate of drug-likeness (QED) is 0.576. The van der Waals surface area contributed by atoms with E-state index in [9.17, 15) is 0 Å². The molecule has 3 heteroatoms. The van der Waals surface area contributed by atoms with Crippen LogP contribution >= 0.6 is 11.6 Å². The Hall–Kier alpha value is -0.890. The maximum atomic E-state index is 5.83. The van der Waals surface area contributed by atoms with Crippen LogP contribution in [0.3, 0.4) is 0 Å². The molecule has 1 aromatic carbocycles. The van der Waals surface area contributed by atoms with Gasteiger partial charge in [-0.1, -0.05) is 24.9 Å². The molecule has 1 rings (SSSR count). The Labute approximate surface area is 84.1 Å². The molecule has 3 N–H and O–H groups in total. The van der Waals surface area contributed by atoms with Crippen molar-refractivity contribution in [1.82, 2.24) is 0 Å². The summed E-state index contributed by atoms with van der Waals surface area (Å²) in [5.74, 6) is 0. The standard InChI is InChI=1S/C10H15ClN2/c1-2-3-6-13-10-7-8(11)4-5-9(10)12/h4-5,7,13H,2-3,6,12H2,1H3. The van der Waals surface area contributed by atoms with E-state index in [0.717, 1.165) is 24.3 Å². The smallest absolute Gasteiger partial charge is 0.0588 e. The Balaban J connectivity index is 2.59. The van der Waals surface area contributed by atoms with Crippen molar-refractivity contribution in [3.05, 3.63) is 23.2 Å². The van der Waals surface area contributed by atoms with Crippen LogP contribution in [0.15, 0.2) is 18.2 Å². The Kier molecular flexibility index (Phi) is 3.90. The van der Waals surface area contributed by atoms with Gasteiger partial charge in [0.05, 0.1) is 11.4 Å². The van der Waals surface area contributed by atoms with E-state index in [1.807, 2.05) is 12.1 Å². The first kappa shape index (κ1) is 10.2. The van der Waals surface area contributed by atoms with Gasteiger partial charge in [0.15, 0.2) is 0 Å². The minimum Gasteiger partial charge on any atom is -0.397 e. The first-order chi connectivity index (χ1) is 6.24. The molecule has 0 unspecified atom stereocenters. The highest BCUT2D eigenvalue weighted by Gasteiger charge is 1.98. The van der Waals surface area contributed by atoms with Gasteiger partial charge < -0.3 is 11.1 Å². The van der Waals surface area contributed by atoms with Crippen LogP contribution < -0.4 is 11.1 Å². The van der Waals surface area contributed by atoms with E-state index in [0.29, 0.717) is 5.02 Å². The number of rotatable bonds is 4. The zero-order valence-corrected chi connectivity index (χ0v) is 8.56. The highest BCUT2D eigenvalue weighted by molar-refractivity contribution is 6.31. The topological polar surface area (TPSA) is 38.0 Å². The van der Waals surface area contributed by atoms with Crippen LogP contribution in [-0.4, -0.2) is 6.54 Å². The summed E-state index contributed by atoms with van der Waals surface area (Å²) in [4.78, 5) is 0. The molecular formula is C10H15ClN2. The Morgan fingerprint density at radius 2 is 2.23 bits per heavy atom. The fourth-order valence-electron chi connectivity index (χ4n) is 1.08. The normalized spacial score (nSPS) is 10.0. The SMILES string of the molecule is CCCCNc1cc(Cl)ccc1N. The Morgan fingerprint density at radius 1 is 1.46 bits per heavy atom. The number of anilines is 2. The lowest BCUT2D eigenvalue weighted by Gasteiger charge is -2.08. The van der Waals surface area contributed by atoms with Crippen LogP contribution in [0.2, 0.25) is 5.02 Å². The number of nitrogens with one attached hydrogen (secondary N) is 1. The number of unbranched alkanes of at least 4 members (excludes halogenated alkanes) is 1. The molecule has 0 fully saturated rings. The Morgan fingerprint density at radius 3 is 2.92 bits per heavy atom. The Bertz CT molecular complexity index is 274. The van der Waals surface area contributed by atoms with Crippen molar-refractivity contribution in [3.8, 4) is 0 Å². The molecule has 0 spiro atoms. The molecular weight excluding hydrogens is 184 g/mol. The van der Waals surface area contributed by atoms with Crippen molar-refractivity contribution in [2.75, 3.05) is 17.6 Å². The van der Waals surface area contributed by atoms with Gasteiger partial charge >= 0.3 is 0 Å². The van der Waals surface area contributed by atoms with Crippen molar-refractivity contribution in [2.24, 2.45) is 0 Å². The molecule has 0 bridgehead atoms. The number of halogens is 1. The van der Waals surface area contributed by atoms with Gasteiger partial charge in [0.25, 0.3) is 0 Å². The predicted molar refractivity (Wildman–Crippen MR) is 59.3 cm³/mol. The summed E-state index contributed by atoms with van der Waals surface area (Å²) in [6, 6.07) is 5.46. The molecule has 0 heterocycles. The van der Waals surface area contributed by atoms with Gasteiger partial charge in [-0.3, -0.25) is 0 Å². The third-order valence-corrected chi connectivity index (χ3v) is 2.10. The van der Waals surface area contributed by atoms with Gasteiger partial charge in [0.1, 0.15) is 0 Å². The molecule has 72 valence electrons. The number of benzene rings is 1. The van der Waals surface area contributed by atoms with Crippen LogP contribution in [0.4, 0.5) is 11.4 Å². The van der Waals surface area contributed by atoms with Crippen molar-refractivity contribution in [3.63, 3.8) is 0 Å². The van der Waals surface area contributed by atoms with Gasteiger partial charge in [0.2, 0.25) is 0 Å². The van der Waals surface area contributed by atoms with Gasteiger partial charge in [-0.05, 0) is 24.6 Å². The monoisotopic (exact) mass is 198 g/mol. The minimum absolute atomic E-state index is 0.716. The van der Waals surface area contributed by atoms with Crippen LogP contribution in [0.25, 0.3) is 0 Å². The summed E-state index contributed by atoms with van der Waals surface area (Å²) in [5.41, 5.74) is 7.43. The van der Waals surface area contributed by atoms with Gasteiger partial charge in [-0.25, -0.2) is 0 Å². The maximum Gasteiger partial charge on any atom is 0.0588 e. The molecule has 1 aromatic rings. The summed E-state index contributed by atoms with van der Waals surface area (Å²) in [7, 11) is 0. The van der Waals surface area contributed by atoms with Crippen LogP contribution in [0.5, 0.6) is 0 Å². The summed E-state index contributed by atoms with van der Waals surface area (Å²) in [6.45, 7) is 3.10. The van der Waals surface area contributed by atoms with Crippen molar-refractivity contribution in [2.45, 2.75) is 19.8 Å². The lowest BCUT2D eigenvalue weighted by Crippen LogP contribution is -2.03. The number of hydrogen-bond donors (Lipinski definition) is 2. The largest absolute Gasteiger partial charge is 0.397 e. The van der Waals surface area contributed by atoms with Crippen molar-refractivity contribution in [1.29, 1.82) is 0 Å². The van der Waals surface area contributed by atoms with E-state index in [1.165, 1.54) is 6.42 Å². The summed E-state index contributed by atoms with van der Waals surface area (Å²) >= 11 is 5.83. The fraction of sp³-hybridized carbons (Fsp3) is 0.400. The van der Waals surface area contributed by atoms with Crippen molar-refractivity contribution < 1.29 is 0 Å². The molecule has 0 saturated heterocycles. The molecule has 2 nitrogen and oxygen atoms in total. The van der Waals surface area contributed by atoms with Crippen molar-refractivity contribution >= 4 is 23.0 Å². The second-order valence-electron chi connectivity index (χ2n) is 3.01. The summed E-state index contributed by atoms with van der Waals surface area (Å²) < 4.78 is 0. The van der Waals surface area contributed by atoms with Crippen LogP contribution in [-0.2, 0) is 0 Å². The molecule has 0 atom stereocenters. The second-order valence-corrected chi connectivity index (χ2v) is 3.45. The molecule has 0 aliphatic heterocycles. The van der Waals surface area contributed by atoms with E-state index in [1.54, 1.807) is 6.07 Å². The highest BCUT2D eigenvalue weighted by atomic mass is 35.5. The van der Waals surface area contributed by atoms with Crippen LogP contribution in [0, 0.1) is 0 Å². The van der Waals surface area contributed by atoms with E-state index in [4.69, 9.17) is 17.3 Å². The average Bonchev–Trinajstić information content (AvgIpc) is 2.11. The lowest BCUT2D eigenvalue weighted by molar-refractivity contribution is 0.834. The first-order valence-corrected chi connectivity index (χ1v) is 4.90. The molecule has 0 radical (unpaired) electrons. The van der Waals surface area contributed by atoms with E-state index < -0.39 is 0 Å². The lowest BCUT2D eigenvalue weighted by atomic mass is 10.2. The maximum absolute atomic E-state index is 5.83. The van der Waals surface area contributed by atoms with E-state index >= 15 is 0 Å². The van der Waals surface area contributed by atoms with E-state index in [-0.39, 0.29) is 0 Å². The summed E-state index contributed by atoms with van der Waals surface area (Å²) in [6.07, 6.45) is 2.32. The fourth-order valence-corrected chi connectivity index (χ4v) is 1.25. The van der Waals surface area contributed by atoms with E-state index in [2.05, 4.69) is 12.2 Å².